The summed E-state index contributed by atoms with van der Waals surface area (Å²) in [4.78, 5) is 11.5. The Morgan fingerprint density at radius 1 is 1.56 bits per heavy atom. The summed E-state index contributed by atoms with van der Waals surface area (Å²) in [6.07, 6.45) is 2.80. The maximum atomic E-state index is 12.8. The number of esters is 1. The highest BCUT2D eigenvalue weighted by Gasteiger charge is 2.08. The van der Waals surface area contributed by atoms with Crippen LogP contribution in [-0.2, 0) is 4.74 Å². The summed E-state index contributed by atoms with van der Waals surface area (Å²) < 4.78 is 17.8. The van der Waals surface area contributed by atoms with Crippen LogP contribution in [0, 0.1) is 5.82 Å². The molecule has 0 fully saturated rings. The average molecular weight is 243 g/mol. The minimum atomic E-state index is -0.529. The highest BCUT2D eigenvalue weighted by molar-refractivity contribution is 7.98. The smallest absolute Gasteiger partial charge is 0.338 e. The number of carbonyl (C=O) groups excluding carboxylic acids is 1. The zero-order valence-corrected chi connectivity index (χ0v) is 9.85. The maximum absolute atomic E-state index is 12.8. The second-order valence-electron chi connectivity index (χ2n) is 3.22. The molecule has 88 valence electrons. The van der Waals surface area contributed by atoms with E-state index in [0.29, 0.717) is 6.61 Å². The van der Waals surface area contributed by atoms with Crippen LogP contribution >= 0.6 is 11.8 Å². The summed E-state index contributed by atoms with van der Waals surface area (Å²) in [5.41, 5.74) is 5.59. The lowest BCUT2D eigenvalue weighted by molar-refractivity contribution is 0.0506. The number of rotatable bonds is 5. The third-order valence-corrected chi connectivity index (χ3v) is 2.65. The molecule has 0 aliphatic rings. The molecular weight excluding hydrogens is 229 g/mol. The Bertz CT molecular complexity index is 371. The van der Waals surface area contributed by atoms with Gasteiger partial charge in [-0.1, -0.05) is 0 Å². The topological polar surface area (TPSA) is 52.3 Å². The van der Waals surface area contributed by atoms with Crippen molar-refractivity contribution in [3.05, 3.63) is 29.6 Å². The van der Waals surface area contributed by atoms with Gasteiger partial charge in [0.2, 0.25) is 0 Å². The molecule has 0 atom stereocenters. The Balaban J connectivity index is 2.50. The van der Waals surface area contributed by atoms with Crippen LogP contribution in [-0.4, -0.2) is 24.6 Å². The van der Waals surface area contributed by atoms with Crippen molar-refractivity contribution in [2.75, 3.05) is 24.3 Å². The fourth-order valence-electron chi connectivity index (χ4n) is 1.12. The fourth-order valence-corrected chi connectivity index (χ4v) is 1.53. The van der Waals surface area contributed by atoms with Gasteiger partial charge in [-0.25, -0.2) is 9.18 Å². The first-order chi connectivity index (χ1) is 7.65. The van der Waals surface area contributed by atoms with Gasteiger partial charge in [-0.05, 0) is 36.6 Å². The molecule has 0 aromatic heterocycles. The molecule has 0 saturated carbocycles. The van der Waals surface area contributed by atoms with Crippen molar-refractivity contribution in [3.63, 3.8) is 0 Å². The number of nitrogens with two attached hydrogens (primary N) is 1. The molecule has 1 aromatic carbocycles. The zero-order chi connectivity index (χ0) is 12.0. The van der Waals surface area contributed by atoms with E-state index in [0.717, 1.165) is 18.2 Å². The molecule has 0 aliphatic heterocycles. The van der Waals surface area contributed by atoms with E-state index in [1.165, 1.54) is 12.1 Å². The predicted molar refractivity (Wildman–Crippen MR) is 64.1 cm³/mol. The lowest BCUT2D eigenvalue weighted by Gasteiger charge is -2.05. The highest BCUT2D eigenvalue weighted by atomic mass is 32.2. The largest absolute Gasteiger partial charge is 0.462 e. The van der Waals surface area contributed by atoms with Crippen molar-refractivity contribution in [2.45, 2.75) is 6.42 Å². The molecular formula is C11H14FNO2S. The monoisotopic (exact) mass is 243 g/mol. The van der Waals surface area contributed by atoms with E-state index < -0.39 is 11.8 Å². The van der Waals surface area contributed by atoms with Crippen LogP contribution in [0.1, 0.15) is 16.8 Å². The van der Waals surface area contributed by atoms with E-state index in [1.807, 2.05) is 6.26 Å². The summed E-state index contributed by atoms with van der Waals surface area (Å²) in [6.45, 7) is 0.372. The van der Waals surface area contributed by atoms with Crippen LogP contribution in [0.2, 0.25) is 0 Å². The van der Waals surface area contributed by atoms with Gasteiger partial charge in [-0.3, -0.25) is 0 Å². The van der Waals surface area contributed by atoms with Crippen LogP contribution in [0.4, 0.5) is 10.1 Å². The summed E-state index contributed by atoms with van der Waals surface area (Å²) in [7, 11) is 0. The van der Waals surface area contributed by atoms with Crippen molar-refractivity contribution < 1.29 is 13.9 Å². The lowest BCUT2D eigenvalue weighted by atomic mass is 10.2. The fraction of sp³-hybridized carbons (Fsp3) is 0.364. The number of thioether (sulfide) groups is 1. The first kappa shape index (κ1) is 12.8. The third kappa shape index (κ3) is 3.73. The van der Waals surface area contributed by atoms with Gasteiger partial charge >= 0.3 is 5.97 Å². The molecule has 16 heavy (non-hydrogen) atoms. The normalized spacial score (nSPS) is 10.1. The van der Waals surface area contributed by atoms with Crippen LogP contribution in [0.15, 0.2) is 18.2 Å². The molecule has 0 heterocycles. The van der Waals surface area contributed by atoms with Crippen molar-refractivity contribution >= 4 is 23.4 Å². The van der Waals surface area contributed by atoms with Crippen LogP contribution in [0.3, 0.4) is 0 Å². The molecule has 0 unspecified atom stereocenters. The van der Waals surface area contributed by atoms with Gasteiger partial charge in [-0.2, -0.15) is 11.8 Å². The summed E-state index contributed by atoms with van der Waals surface area (Å²) in [5.74, 6) is -0.0505. The summed E-state index contributed by atoms with van der Waals surface area (Å²) in [5, 5.41) is 0. The lowest BCUT2D eigenvalue weighted by Crippen LogP contribution is -2.08. The van der Waals surface area contributed by atoms with Gasteiger partial charge in [0.1, 0.15) is 5.82 Å². The molecule has 0 aliphatic carbocycles. The Hall–Kier alpha value is -1.23. The molecule has 0 saturated heterocycles. The molecule has 2 N–H and O–H groups in total. The molecule has 5 heteroatoms. The van der Waals surface area contributed by atoms with Crippen molar-refractivity contribution in [1.82, 2.24) is 0 Å². The van der Waals surface area contributed by atoms with Gasteiger partial charge in [0.15, 0.2) is 0 Å². The highest BCUT2D eigenvalue weighted by Crippen LogP contribution is 2.13. The van der Waals surface area contributed by atoms with E-state index in [-0.39, 0.29) is 11.3 Å². The second kappa shape index (κ2) is 6.37. The minimum absolute atomic E-state index is 0.0430. The maximum Gasteiger partial charge on any atom is 0.338 e. The quantitative estimate of drug-likeness (QED) is 0.490. The first-order valence-corrected chi connectivity index (χ1v) is 6.25. The van der Waals surface area contributed by atoms with E-state index in [2.05, 4.69) is 0 Å². The molecule has 1 rings (SSSR count). The molecule has 0 amide bonds. The Kier molecular flexibility index (Phi) is 5.11. The number of carbonyl (C=O) groups is 1. The second-order valence-corrected chi connectivity index (χ2v) is 4.20. The molecule has 0 bridgehead atoms. The zero-order valence-electron chi connectivity index (χ0n) is 9.03. The average Bonchev–Trinajstić information content (AvgIpc) is 2.28. The first-order valence-electron chi connectivity index (χ1n) is 4.86. The number of halogens is 1. The van der Waals surface area contributed by atoms with Crippen molar-refractivity contribution in [2.24, 2.45) is 0 Å². The van der Waals surface area contributed by atoms with Crippen LogP contribution < -0.4 is 5.73 Å². The van der Waals surface area contributed by atoms with E-state index in [9.17, 15) is 9.18 Å². The predicted octanol–water partition coefficient (Wildman–Crippen LogP) is 2.32. The number of benzene rings is 1. The van der Waals surface area contributed by atoms with Crippen LogP contribution in [0.25, 0.3) is 0 Å². The molecule has 0 spiro atoms. The third-order valence-electron chi connectivity index (χ3n) is 1.96. The SMILES string of the molecule is CSCCCOC(=O)c1ccc(F)c(N)c1. The van der Waals surface area contributed by atoms with Gasteiger partial charge in [0, 0.05) is 0 Å². The number of ether oxygens (including phenoxy) is 1. The van der Waals surface area contributed by atoms with Gasteiger partial charge < -0.3 is 10.5 Å². The Morgan fingerprint density at radius 2 is 2.31 bits per heavy atom. The number of hydrogen-bond acceptors (Lipinski definition) is 4. The standard InChI is InChI=1S/C11H14FNO2S/c1-16-6-2-5-15-11(14)8-3-4-9(12)10(13)7-8/h3-4,7H,2,5-6,13H2,1H3. The molecule has 1 aromatic rings. The van der Waals surface area contributed by atoms with Gasteiger partial charge in [0.25, 0.3) is 0 Å². The summed E-state index contributed by atoms with van der Waals surface area (Å²) in [6, 6.07) is 3.81. The Morgan fingerprint density at radius 3 is 2.94 bits per heavy atom. The van der Waals surface area contributed by atoms with Gasteiger partial charge in [0.05, 0.1) is 17.9 Å². The van der Waals surface area contributed by atoms with Crippen molar-refractivity contribution in [1.29, 1.82) is 0 Å². The summed E-state index contributed by atoms with van der Waals surface area (Å²) >= 11 is 1.69. The molecule has 3 nitrogen and oxygen atoms in total. The van der Waals surface area contributed by atoms with E-state index in [4.69, 9.17) is 10.5 Å². The van der Waals surface area contributed by atoms with Gasteiger partial charge in [-0.15, -0.1) is 0 Å². The number of nitrogen functional groups attached to an aromatic ring is 1. The van der Waals surface area contributed by atoms with Crippen LogP contribution in [0.5, 0.6) is 0 Å². The Labute approximate surface area is 98.2 Å². The van der Waals surface area contributed by atoms with Crippen molar-refractivity contribution in [3.8, 4) is 0 Å². The number of hydrogen-bond donors (Lipinski definition) is 1. The minimum Gasteiger partial charge on any atom is -0.462 e. The van der Waals surface area contributed by atoms with E-state index >= 15 is 0 Å². The molecule has 0 radical (unpaired) electrons. The van der Waals surface area contributed by atoms with E-state index in [1.54, 1.807) is 11.8 Å². The number of anilines is 1.